The number of carbonyl (C=O) groups is 2. The maximum Gasteiger partial charge on any atom is 0.466 e. The van der Waals surface area contributed by atoms with Gasteiger partial charge in [-0.1, -0.05) is 19.9 Å². The van der Waals surface area contributed by atoms with E-state index in [2.05, 4.69) is 35.1 Å². The van der Waals surface area contributed by atoms with Crippen LogP contribution in [-0.4, -0.2) is 102 Å². The second-order valence-corrected chi connectivity index (χ2v) is 12.4. The Morgan fingerprint density at radius 2 is 1.25 bits per heavy atom. The maximum absolute atomic E-state index is 10.7. The van der Waals surface area contributed by atoms with E-state index in [1.807, 2.05) is 0 Å². The van der Waals surface area contributed by atoms with Crippen molar-refractivity contribution in [2.45, 2.75) is 54.0 Å². The van der Waals surface area contributed by atoms with Crippen LogP contribution >= 0.6 is 15.6 Å². The molecule has 0 aliphatic heterocycles. The first-order chi connectivity index (χ1) is 14.5. The van der Waals surface area contributed by atoms with Crippen LogP contribution in [0, 0.1) is 0 Å². The number of hydrogen-bond donors (Lipinski definition) is 6. The standard InChI is InChI=1S/2C7H11O2.2CH3.Ca.Mg.2H3O4P/c2*1-3-5-6-9-7(8)4-2;;;;;2*1-5(2,3)4/h2*4,6H,2-3,5H2,1H3;2*1H3;;;2*(H3,1,2,3,4). The van der Waals surface area contributed by atoms with Gasteiger partial charge >= 0.3 is 129 Å². The van der Waals surface area contributed by atoms with Crippen LogP contribution in [0.1, 0.15) is 39.5 Å². The molecule has 0 radical (unpaired) electrons. The molecule has 0 aromatic rings. The van der Waals surface area contributed by atoms with E-state index >= 15 is 0 Å². The van der Waals surface area contributed by atoms with Gasteiger partial charge in [0.2, 0.25) is 0 Å². The van der Waals surface area contributed by atoms with Gasteiger partial charge in [-0.3, -0.25) is 0 Å². The molecule has 12 nitrogen and oxygen atoms in total. The zero-order valence-electron chi connectivity index (χ0n) is 19.0. The summed E-state index contributed by atoms with van der Waals surface area (Å²) < 4.78 is 30.6. The van der Waals surface area contributed by atoms with Crippen molar-refractivity contribution in [2.75, 3.05) is 0 Å². The summed E-state index contributed by atoms with van der Waals surface area (Å²) in [6.45, 7) is 10.9. The summed E-state index contributed by atoms with van der Waals surface area (Å²) in [5.74, 6) is -0.547. The quantitative estimate of drug-likeness (QED) is 0.0996. The first kappa shape index (κ1) is 39.9. The summed E-state index contributed by atoms with van der Waals surface area (Å²) >= 11 is -0.840. The molecular weight excluding hydrogens is 510 g/mol. The van der Waals surface area contributed by atoms with Crippen LogP contribution in [0.15, 0.2) is 25.3 Å². The Hall–Kier alpha value is 0.666. The van der Waals surface area contributed by atoms with Gasteiger partial charge in [0.25, 0.3) is 0 Å². The van der Waals surface area contributed by atoms with Gasteiger partial charge < -0.3 is 34.1 Å². The number of ether oxygens (including phenoxy) is 2. The first-order valence-corrected chi connectivity index (χ1v) is 18.6. The van der Waals surface area contributed by atoms with Crippen LogP contribution in [-0.2, 0) is 28.2 Å². The molecule has 0 aromatic heterocycles. The molecule has 0 bridgehead atoms. The van der Waals surface area contributed by atoms with Crippen LogP contribution in [0.4, 0.5) is 0 Å². The molecule has 32 heavy (non-hydrogen) atoms. The van der Waals surface area contributed by atoms with Gasteiger partial charge in [0.15, 0.2) is 0 Å². The fraction of sp³-hybridized carbons (Fsp3) is 0.625. The zero-order chi connectivity index (χ0) is 26.4. The average molecular weight is 545 g/mol. The van der Waals surface area contributed by atoms with Gasteiger partial charge in [-0.05, 0) is 10.7 Å². The summed E-state index contributed by atoms with van der Waals surface area (Å²) in [4.78, 5) is 64.6. The SMILES string of the molecule is C=CC(=O)O[CH](CCC)[Ca][CH3].C=CC(=O)O[CH](CCC)[Mg][CH3].O=P(O)(O)O.O=P(O)(O)O. The average Bonchev–Trinajstić information content (AvgIpc) is 2.64. The van der Waals surface area contributed by atoms with Gasteiger partial charge in [-0.2, -0.15) is 5.05 Å². The second-order valence-electron chi connectivity index (χ2n) is 5.95. The molecule has 0 saturated heterocycles. The van der Waals surface area contributed by atoms with Crippen molar-refractivity contribution in [1.82, 2.24) is 0 Å². The van der Waals surface area contributed by atoms with E-state index in [1.165, 1.54) is 12.2 Å². The number of rotatable bonds is 10. The maximum atomic E-state index is 10.7. The van der Waals surface area contributed by atoms with Crippen molar-refractivity contribution < 1.29 is 57.6 Å². The third-order valence-corrected chi connectivity index (χ3v) is 6.84. The van der Waals surface area contributed by atoms with E-state index in [-0.39, 0.29) is 38.7 Å². The zero-order valence-corrected chi connectivity index (χ0v) is 24.4. The predicted octanol–water partition coefficient (Wildman–Crippen LogP) is 1.33. The summed E-state index contributed by atoms with van der Waals surface area (Å²) in [7, 11) is -9.28. The third kappa shape index (κ3) is 52.5. The molecule has 0 spiro atoms. The van der Waals surface area contributed by atoms with Crippen molar-refractivity contribution in [3.05, 3.63) is 25.3 Å². The molecule has 2 atom stereocenters. The Bertz CT molecular complexity index is 539. The van der Waals surface area contributed by atoms with E-state index < -0.39 is 49.5 Å². The van der Waals surface area contributed by atoms with Crippen molar-refractivity contribution in [3.8, 4) is 0 Å². The molecule has 0 aliphatic rings. The van der Waals surface area contributed by atoms with Gasteiger partial charge in [0.1, 0.15) is 0 Å². The molecule has 0 heterocycles. The molecule has 2 unspecified atom stereocenters. The Balaban J connectivity index is -0.000000175. The van der Waals surface area contributed by atoms with Gasteiger partial charge in [-0.15, -0.1) is 0 Å². The first-order valence-electron chi connectivity index (χ1n) is 9.71. The van der Waals surface area contributed by atoms with Gasteiger partial charge in [0.05, 0.1) is 0 Å². The Labute approximate surface area is 217 Å². The van der Waals surface area contributed by atoms with E-state index in [0.29, 0.717) is 0 Å². The van der Waals surface area contributed by atoms with Crippen molar-refractivity contribution in [1.29, 1.82) is 0 Å². The number of hydrogen-bond acceptors (Lipinski definition) is 6. The third-order valence-electron chi connectivity index (χ3n) is 3.03. The topological polar surface area (TPSA) is 208 Å². The molecule has 16 heteroatoms. The predicted molar refractivity (Wildman–Crippen MR) is 122 cm³/mol. The number of carbonyl (C=O) groups excluding carboxylic acids is 2. The molecule has 0 rings (SSSR count). The molecule has 0 amide bonds. The van der Waals surface area contributed by atoms with Crippen molar-refractivity contribution in [3.63, 3.8) is 0 Å². The normalized spacial score (nSPS) is 11.6. The summed E-state index contributed by atoms with van der Waals surface area (Å²) in [6, 6.07) is 0. The minimum Gasteiger partial charge on any atom is -0.489 e. The van der Waals surface area contributed by atoms with Gasteiger partial charge in [-0.25, -0.2) is 13.9 Å². The molecule has 184 valence electrons. The smallest absolute Gasteiger partial charge is 0.466 e. The van der Waals surface area contributed by atoms with E-state index in [4.69, 9.17) is 48.0 Å². The van der Waals surface area contributed by atoms with Crippen molar-refractivity contribution >= 4 is 81.8 Å². The number of esters is 2. The molecule has 6 N–H and O–H groups in total. The van der Waals surface area contributed by atoms with Crippen molar-refractivity contribution in [2.24, 2.45) is 0 Å². The minimum absolute atomic E-state index is 0.213. The minimum atomic E-state index is -4.64. The molecular formula is C16H34CaMgO12P2. The summed E-state index contributed by atoms with van der Waals surface area (Å²) in [5.41, 5.74) is 0. The van der Waals surface area contributed by atoms with E-state index in [9.17, 15) is 9.59 Å². The Morgan fingerprint density at radius 3 is 1.50 bits per heavy atom. The molecule has 0 fully saturated rings. The fourth-order valence-electron chi connectivity index (χ4n) is 1.76. The Morgan fingerprint density at radius 1 is 0.906 bits per heavy atom. The van der Waals surface area contributed by atoms with Crippen LogP contribution in [0.3, 0.4) is 0 Å². The van der Waals surface area contributed by atoms with Crippen LogP contribution < -0.4 is 0 Å². The summed E-state index contributed by atoms with van der Waals surface area (Å²) in [6.07, 6.45) is 6.66. The monoisotopic (exact) mass is 544 g/mol. The molecule has 0 saturated carbocycles. The van der Waals surface area contributed by atoms with Crippen LogP contribution in [0.2, 0.25) is 8.07 Å². The molecule has 0 aliphatic carbocycles. The van der Waals surface area contributed by atoms with E-state index in [0.717, 1.165) is 25.7 Å². The van der Waals surface area contributed by atoms with Crippen LogP contribution in [0.25, 0.3) is 0 Å². The van der Waals surface area contributed by atoms with Gasteiger partial charge in [0, 0.05) is 6.08 Å². The summed E-state index contributed by atoms with van der Waals surface area (Å²) in [5, 5.41) is 2.15. The largest absolute Gasteiger partial charge is 0.489 e. The fourth-order valence-corrected chi connectivity index (χ4v) is 4.70. The Kier molecular flexibility index (Phi) is 30.9. The number of phosphoric acid groups is 2. The molecule has 0 aromatic carbocycles. The second kappa shape index (κ2) is 24.8. The van der Waals surface area contributed by atoms with Crippen LogP contribution in [0.5, 0.6) is 0 Å². The van der Waals surface area contributed by atoms with E-state index in [1.54, 1.807) is 0 Å².